The second kappa shape index (κ2) is 10.3. The Bertz CT molecular complexity index is 1250. The maximum atomic E-state index is 13.2. The maximum Gasteiger partial charge on any atom is 0.295 e. The van der Waals surface area contributed by atoms with Crippen molar-refractivity contribution in [3.63, 3.8) is 0 Å². The van der Waals surface area contributed by atoms with Crippen molar-refractivity contribution in [2.24, 2.45) is 0 Å². The minimum atomic E-state index is -0.802. The average molecular weight is 478 g/mol. The molecule has 0 saturated carbocycles. The number of aromatic nitrogens is 2. The zero-order chi connectivity index (χ0) is 24.9. The minimum Gasteiger partial charge on any atom is -0.507 e. The first-order valence-corrected chi connectivity index (χ1v) is 11.1. The molecule has 1 aliphatic heterocycles. The first kappa shape index (κ1) is 23.9. The van der Waals surface area contributed by atoms with Crippen molar-refractivity contribution in [3.8, 4) is 17.2 Å². The first-order chi connectivity index (χ1) is 17.0. The quantitative estimate of drug-likeness (QED) is 0.286. The van der Waals surface area contributed by atoms with Gasteiger partial charge in [-0.05, 0) is 36.2 Å². The molecule has 3 aromatic rings. The van der Waals surface area contributed by atoms with Crippen LogP contribution >= 0.6 is 0 Å². The number of aliphatic hydroxyl groups is 1. The molecule has 1 fully saturated rings. The summed E-state index contributed by atoms with van der Waals surface area (Å²) in [6.45, 7) is 0.925. The third-order valence-corrected chi connectivity index (χ3v) is 5.98. The predicted molar refractivity (Wildman–Crippen MR) is 128 cm³/mol. The highest BCUT2D eigenvalue weighted by Gasteiger charge is 2.46. The number of methoxy groups -OCH3 is 3. The Morgan fingerprint density at radius 3 is 2.49 bits per heavy atom. The number of benzene rings is 2. The number of rotatable bonds is 9. The molecule has 1 atom stereocenters. The summed E-state index contributed by atoms with van der Waals surface area (Å²) in [7, 11) is 4.56. The topological polar surface area (TPSA) is 103 Å². The number of carbonyl (C=O) groups is 2. The molecule has 1 N–H and O–H groups in total. The van der Waals surface area contributed by atoms with Gasteiger partial charge in [-0.2, -0.15) is 0 Å². The molecule has 1 amide bonds. The summed E-state index contributed by atoms with van der Waals surface area (Å²) in [4.78, 5) is 31.9. The summed E-state index contributed by atoms with van der Waals surface area (Å²) in [5.41, 5.74) is 1.01. The minimum absolute atomic E-state index is 0.0121. The van der Waals surface area contributed by atoms with Crippen molar-refractivity contribution < 1.29 is 28.9 Å². The zero-order valence-corrected chi connectivity index (χ0v) is 19.8. The molecule has 4 rings (SSSR count). The number of nitrogens with zero attached hydrogens (tertiary/aromatic N) is 3. The second-order valence-electron chi connectivity index (χ2n) is 7.99. The average Bonchev–Trinajstić information content (AvgIpc) is 3.50. The Hall–Kier alpha value is -4.27. The zero-order valence-electron chi connectivity index (χ0n) is 19.8. The van der Waals surface area contributed by atoms with Gasteiger partial charge in [0.15, 0.2) is 11.5 Å². The molecule has 0 bridgehead atoms. The maximum absolute atomic E-state index is 13.2. The lowest BCUT2D eigenvalue weighted by Crippen LogP contribution is -2.31. The summed E-state index contributed by atoms with van der Waals surface area (Å²) in [6.07, 6.45) is 5.81. The van der Waals surface area contributed by atoms with Gasteiger partial charge in [-0.3, -0.25) is 9.59 Å². The fraction of sp³-hybridized carbons (Fsp3) is 0.269. The van der Waals surface area contributed by atoms with Gasteiger partial charge in [0.2, 0.25) is 0 Å². The molecule has 2 aromatic carbocycles. The van der Waals surface area contributed by atoms with Crippen molar-refractivity contribution in [1.82, 2.24) is 14.5 Å². The highest BCUT2D eigenvalue weighted by molar-refractivity contribution is 6.46. The Balaban J connectivity index is 1.78. The van der Waals surface area contributed by atoms with Gasteiger partial charge in [-0.15, -0.1) is 0 Å². The van der Waals surface area contributed by atoms with Crippen LogP contribution in [0.5, 0.6) is 17.2 Å². The summed E-state index contributed by atoms with van der Waals surface area (Å²) in [5.74, 6) is -0.186. The van der Waals surface area contributed by atoms with Gasteiger partial charge in [0.1, 0.15) is 11.5 Å². The van der Waals surface area contributed by atoms with E-state index in [0.717, 1.165) is 0 Å². The molecule has 1 aliphatic rings. The van der Waals surface area contributed by atoms with Crippen LogP contribution in [0.15, 0.2) is 66.8 Å². The predicted octanol–water partition coefficient (Wildman–Crippen LogP) is 3.42. The molecule has 2 heterocycles. The summed E-state index contributed by atoms with van der Waals surface area (Å²) < 4.78 is 17.9. The molecule has 0 radical (unpaired) electrons. The van der Waals surface area contributed by atoms with Crippen LogP contribution < -0.4 is 14.2 Å². The van der Waals surface area contributed by atoms with Gasteiger partial charge < -0.3 is 28.8 Å². The van der Waals surface area contributed by atoms with Crippen LogP contribution in [0.4, 0.5) is 0 Å². The van der Waals surface area contributed by atoms with Crippen LogP contribution in [-0.2, 0) is 16.1 Å². The third-order valence-electron chi connectivity index (χ3n) is 5.98. The number of amides is 1. The molecule has 9 nitrogen and oxygen atoms in total. The molecule has 1 aromatic heterocycles. The first-order valence-electron chi connectivity index (χ1n) is 11.1. The van der Waals surface area contributed by atoms with E-state index in [0.29, 0.717) is 47.9 Å². The smallest absolute Gasteiger partial charge is 0.295 e. The molecule has 0 spiro atoms. The number of Topliss-reactive ketones (excluding diaryl/α,β-unsaturated/α-hetero) is 1. The Labute approximate surface area is 203 Å². The monoisotopic (exact) mass is 477 g/mol. The number of aryl methyl sites for hydroxylation is 1. The molecule has 1 unspecified atom stereocenters. The summed E-state index contributed by atoms with van der Waals surface area (Å²) in [6, 6.07) is 11.1. The number of carbonyl (C=O) groups excluding carboxylic acids is 2. The highest BCUT2D eigenvalue weighted by Crippen LogP contribution is 2.42. The normalized spacial score (nSPS) is 17.0. The van der Waals surface area contributed by atoms with Crippen LogP contribution in [0.1, 0.15) is 23.6 Å². The van der Waals surface area contributed by atoms with Crippen LogP contribution in [0.3, 0.4) is 0 Å². The van der Waals surface area contributed by atoms with E-state index in [-0.39, 0.29) is 11.3 Å². The number of hydrogen-bond donors (Lipinski definition) is 1. The Morgan fingerprint density at radius 2 is 1.80 bits per heavy atom. The van der Waals surface area contributed by atoms with Crippen molar-refractivity contribution in [3.05, 3.63) is 77.9 Å². The van der Waals surface area contributed by atoms with Gasteiger partial charge in [0.25, 0.3) is 11.7 Å². The number of imidazole rings is 1. The van der Waals surface area contributed by atoms with Crippen molar-refractivity contribution >= 4 is 17.4 Å². The van der Waals surface area contributed by atoms with Crippen molar-refractivity contribution in [1.29, 1.82) is 0 Å². The van der Waals surface area contributed by atoms with E-state index in [4.69, 9.17) is 14.2 Å². The van der Waals surface area contributed by atoms with Gasteiger partial charge in [-0.25, -0.2) is 4.98 Å². The summed E-state index contributed by atoms with van der Waals surface area (Å²) >= 11 is 0. The lowest BCUT2D eigenvalue weighted by molar-refractivity contribution is -0.139. The lowest BCUT2D eigenvalue weighted by atomic mass is 9.95. The van der Waals surface area contributed by atoms with E-state index in [1.165, 1.54) is 26.2 Å². The largest absolute Gasteiger partial charge is 0.507 e. The molecular weight excluding hydrogens is 450 g/mol. The molecule has 182 valence electrons. The number of hydrogen-bond acceptors (Lipinski definition) is 7. The van der Waals surface area contributed by atoms with E-state index < -0.39 is 17.7 Å². The van der Waals surface area contributed by atoms with Crippen LogP contribution in [-0.4, -0.2) is 59.1 Å². The highest BCUT2D eigenvalue weighted by atomic mass is 16.5. The fourth-order valence-corrected chi connectivity index (χ4v) is 4.25. The van der Waals surface area contributed by atoms with Crippen LogP contribution in [0, 0.1) is 0 Å². The number of ketones is 1. The second-order valence-corrected chi connectivity index (χ2v) is 7.99. The van der Waals surface area contributed by atoms with E-state index in [2.05, 4.69) is 4.98 Å². The SMILES string of the molecule is COc1cccc(/C(O)=C2\C(=O)C(=O)N(CCCn3ccnc3)C2c2ccc(OC)c(OC)c2)c1. The summed E-state index contributed by atoms with van der Waals surface area (Å²) in [5, 5.41) is 11.2. The molecular formula is C26H27N3O6. The van der Waals surface area contributed by atoms with E-state index in [9.17, 15) is 14.7 Å². The Kier molecular flexibility index (Phi) is 7.05. The van der Waals surface area contributed by atoms with Gasteiger partial charge in [0, 0.05) is 31.0 Å². The lowest BCUT2D eigenvalue weighted by Gasteiger charge is -2.26. The number of ether oxygens (including phenoxy) is 3. The van der Waals surface area contributed by atoms with E-state index in [1.54, 1.807) is 55.0 Å². The molecule has 0 aliphatic carbocycles. The van der Waals surface area contributed by atoms with E-state index in [1.807, 2.05) is 10.8 Å². The number of aliphatic hydroxyl groups excluding tert-OH is 1. The van der Waals surface area contributed by atoms with Gasteiger partial charge in [-0.1, -0.05) is 18.2 Å². The molecule has 1 saturated heterocycles. The van der Waals surface area contributed by atoms with E-state index >= 15 is 0 Å². The van der Waals surface area contributed by atoms with Crippen molar-refractivity contribution in [2.45, 2.75) is 19.0 Å². The van der Waals surface area contributed by atoms with Crippen LogP contribution in [0.2, 0.25) is 0 Å². The number of likely N-dealkylation sites (tertiary alicyclic amines) is 1. The van der Waals surface area contributed by atoms with Gasteiger partial charge in [0.05, 0.1) is 39.3 Å². The van der Waals surface area contributed by atoms with Crippen LogP contribution in [0.25, 0.3) is 5.76 Å². The fourth-order valence-electron chi connectivity index (χ4n) is 4.25. The van der Waals surface area contributed by atoms with Gasteiger partial charge >= 0.3 is 0 Å². The third kappa shape index (κ3) is 4.70. The molecule has 35 heavy (non-hydrogen) atoms. The van der Waals surface area contributed by atoms with Crippen molar-refractivity contribution in [2.75, 3.05) is 27.9 Å². The Morgan fingerprint density at radius 1 is 1.00 bits per heavy atom. The molecule has 9 heteroatoms. The standard InChI is InChI=1S/C26H27N3O6/c1-33-19-7-4-6-18(14-19)24(30)22-23(17-8-9-20(34-2)21(15-17)35-3)29(26(32)25(22)31)12-5-11-28-13-10-27-16-28/h4,6-10,13-16,23,30H,5,11-12H2,1-3H3/b24-22+.